The SMILES string of the molecule is C=C/C(C=O)=C(\C=C)C(=O)C(/C=C\C=C(C)\C(=C\C=C/C)CCC)=C(/C)CC.CC1=CC=CCC1.CC1CCC1. The van der Waals surface area contributed by atoms with Crippen molar-refractivity contribution in [1.29, 1.82) is 0 Å². The maximum atomic E-state index is 13.0. The molecule has 0 amide bonds. The highest BCUT2D eigenvalue weighted by Gasteiger charge is 2.16. The van der Waals surface area contributed by atoms with E-state index >= 15 is 0 Å². The molecule has 0 unspecified atom stereocenters. The molecule has 2 rings (SSSR count). The molecule has 0 spiro atoms. The number of allylic oxidation sites excluding steroid dienone is 18. The smallest absolute Gasteiger partial charge is 0.193 e. The van der Waals surface area contributed by atoms with Gasteiger partial charge in [0.2, 0.25) is 0 Å². The number of carbonyl (C=O) groups excluding carboxylic acids is 2. The molecule has 2 aliphatic rings. The number of hydrogen-bond donors (Lipinski definition) is 0. The summed E-state index contributed by atoms with van der Waals surface area (Å²) in [6.45, 7) is 21.9. The topological polar surface area (TPSA) is 34.1 Å². The average molecular weight is 543 g/mol. The third kappa shape index (κ3) is 14.8. The van der Waals surface area contributed by atoms with Crippen LogP contribution in [0, 0.1) is 5.92 Å². The van der Waals surface area contributed by atoms with Gasteiger partial charge in [0, 0.05) is 16.7 Å². The van der Waals surface area contributed by atoms with E-state index in [1.54, 1.807) is 0 Å². The lowest BCUT2D eigenvalue weighted by Gasteiger charge is -2.18. The van der Waals surface area contributed by atoms with Crippen molar-refractivity contribution in [3.63, 3.8) is 0 Å². The number of aldehydes is 1. The van der Waals surface area contributed by atoms with Crippen molar-refractivity contribution in [3.05, 3.63) is 119 Å². The van der Waals surface area contributed by atoms with Crippen LogP contribution in [0.3, 0.4) is 0 Å². The zero-order chi connectivity index (χ0) is 30.3. The van der Waals surface area contributed by atoms with Crippen LogP contribution >= 0.6 is 0 Å². The van der Waals surface area contributed by atoms with Gasteiger partial charge in [0.15, 0.2) is 12.1 Å². The van der Waals surface area contributed by atoms with Crippen LogP contribution in [0.1, 0.15) is 99.8 Å². The fraction of sp³-hybridized carbons (Fsp3) is 0.421. The van der Waals surface area contributed by atoms with Crippen molar-refractivity contribution in [2.24, 2.45) is 5.92 Å². The van der Waals surface area contributed by atoms with Gasteiger partial charge in [0.05, 0.1) is 0 Å². The minimum absolute atomic E-state index is 0.211. The molecule has 1 fully saturated rings. The Morgan fingerprint density at radius 3 is 2.10 bits per heavy atom. The second kappa shape index (κ2) is 22.5. The van der Waals surface area contributed by atoms with E-state index in [-0.39, 0.29) is 16.9 Å². The monoisotopic (exact) mass is 542 g/mol. The van der Waals surface area contributed by atoms with E-state index in [1.807, 2.05) is 51.2 Å². The van der Waals surface area contributed by atoms with Crippen molar-refractivity contribution < 1.29 is 9.59 Å². The van der Waals surface area contributed by atoms with E-state index in [4.69, 9.17) is 0 Å². The Morgan fingerprint density at radius 2 is 1.73 bits per heavy atom. The molecule has 2 aliphatic carbocycles. The fourth-order valence-electron chi connectivity index (χ4n) is 3.94. The van der Waals surface area contributed by atoms with Crippen LogP contribution < -0.4 is 0 Å². The molecular formula is C38H54O2. The van der Waals surface area contributed by atoms with Crippen LogP contribution in [-0.2, 0) is 9.59 Å². The maximum absolute atomic E-state index is 13.0. The maximum Gasteiger partial charge on any atom is 0.193 e. The Bertz CT molecular complexity index is 1060. The molecule has 0 atom stereocenters. The summed E-state index contributed by atoms with van der Waals surface area (Å²) in [4.78, 5) is 24.2. The normalized spacial score (nSPS) is 16.9. The first-order chi connectivity index (χ1) is 19.2. The molecule has 0 aromatic heterocycles. The minimum atomic E-state index is -0.211. The minimum Gasteiger partial charge on any atom is -0.298 e. The van der Waals surface area contributed by atoms with E-state index in [0.717, 1.165) is 36.3 Å². The summed E-state index contributed by atoms with van der Waals surface area (Å²) in [5.41, 5.74) is 6.00. The Labute approximate surface area is 246 Å². The van der Waals surface area contributed by atoms with E-state index in [9.17, 15) is 9.59 Å². The molecule has 1 saturated carbocycles. The first-order valence-electron chi connectivity index (χ1n) is 14.9. The number of carbonyl (C=O) groups is 2. The van der Waals surface area contributed by atoms with Crippen molar-refractivity contribution in [1.82, 2.24) is 0 Å². The molecule has 218 valence electrons. The summed E-state index contributed by atoms with van der Waals surface area (Å²) in [6.07, 6.45) is 31.6. The first-order valence-corrected chi connectivity index (χ1v) is 14.9. The lowest BCUT2D eigenvalue weighted by Crippen LogP contribution is -2.08. The molecular weight excluding hydrogens is 488 g/mol. The fourth-order valence-corrected chi connectivity index (χ4v) is 3.94. The van der Waals surface area contributed by atoms with Crippen LogP contribution in [0.2, 0.25) is 0 Å². The highest BCUT2D eigenvalue weighted by Crippen LogP contribution is 2.24. The summed E-state index contributed by atoms with van der Waals surface area (Å²) in [7, 11) is 0. The lowest BCUT2D eigenvalue weighted by molar-refractivity contribution is -0.112. The van der Waals surface area contributed by atoms with E-state index in [1.165, 1.54) is 55.4 Å². The van der Waals surface area contributed by atoms with Crippen LogP contribution in [-0.4, -0.2) is 12.1 Å². The van der Waals surface area contributed by atoms with Crippen LogP contribution in [0.4, 0.5) is 0 Å². The summed E-state index contributed by atoms with van der Waals surface area (Å²) in [5, 5.41) is 0. The van der Waals surface area contributed by atoms with Gasteiger partial charge in [-0.3, -0.25) is 9.59 Å². The molecule has 0 aromatic rings. The molecule has 0 aromatic carbocycles. The van der Waals surface area contributed by atoms with E-state index in [2.05, 4.69) is 65.2 Å². The molecule has 0 radical (unpaired) electrons. The zero-order valence-electron chi connectivity index (χ0n) is 26.4. The third-order valence-electron chi connectivity index (χ3n) is 7.08. The highest BCUT2D eigenvalue weighted by atomic mass is 16.1. The molecule has 40 heavy (non-hydrogen) atoms. The van der Waals surface area contributed by atoms with Gasteiger partial charge in [0.25, 0.3) is 0 Å². The highest BCUT2D eigenvalue weighted by molar-refractivity contribution is 6.15. The quantitative estimate of drug-likeness (QED) is 0.140. The van der Waals surface area contributed by atoms with Crippen LogP contribution in [0.15, 0.2) is 119 Å². The van der Waals surface area contributed by atoms with Crippen LogP contribution in [0.5, 0.6) is 0 Å². The first kappa shape index (κ1) is 36.7. The number of ketones is 1. The summed E-state index contributed by atoms with van der Waals surface area (Å²) in [5.74, 6) is 0.854. The predicted molar refractivity (Wildman–Crippen MR) is 177 cm³/mol. The second-order valence-electron chi connectivity index (χ2n) is 10.5. The van der Waals surface area contributed by atoms with Crippen molar-refractivity contribution in [2.45, 2.75) is 99.8 Å². The molecule has 2 nitrogen and oxygen atoms in total. The van der Waals surface area contributed by atoms with Gasteiger partial charge in [-0.1, -0.05) is 138 Å². The van der Waals surface area contributed by atoms with Gasteiger partial charge >= 0.3 is 0 Å². The lowest BCUT2D eigenvalue weighted by atomic mass is 9.88. The molecule has 0 saturated heterocycles. The standard InChI is InChI=1S/C26H34O2.C7H10.C5H10/c1-8-13-17-23(15-9-2)21(7)16-14-18-25(20(6)10-3)26(28)24(12-5)22(11-4)19-27;1-7-5-3-2-4-6-7;1-5-3-2-4-5/h8,11-14,16-19H,4-5,9-10,15H2,1-3,6-7H3;2-3,5H,4,6H2,1H3;5H,2-4H2,1H3/b13-8-,18-14-,21-16+,23-17+,24-22-,25-20-;;. The summed E-state index contributed by atoms with van der Waals surface area (Å²) in [6, 6.07) is 0. The Hall–Kier alpha value is -3.26. The van der Waals surface area contributed by atoms with Crippen LogP contribution in [0.25, 0.3) is 0 Å². The van der Waals surface area contributed by atoms with Gasteiger partial charge in [-0.25, -0.2) is 0 Å². The van der Waals surface area contributed by atoms with Gasteiger partial charge < -0.3 is 0 Å². The molecule has 0 bridgehead atoms. The van der Waals surface area contributed by atoms with Crippen molar-refractivity contribution >= 4 is 12.1 Å². The molecule has 2 heteroatoms. The summed E-state index contributed by atoms with van der Waals surface area (Å²) >= 11 is 0. The van der Waals surface area contributed by atoms with Gasteiger partial charge in [-0.05, 0) is 70.4 Å². The van der Waals surface area contributed by atoms with E-state index < -0.39 is 0 Å². The molecule has 0 aliphatic heterocycles. The van der Waals surface area contributed by atoms with Crippen molar-refractivity contribution in [3.8, 4) is 0 Å². The number of Topliss-reactive ketones (excluding diaryl/α,β-unsaturated/α-hetero) is 1. The largest absolute Gasteiger partial charge is 0.298 e. The molecule has 0 N–H and O–H groups in total. The average Bonchev–Trinajstić information content (AvgIpc) is 2.95. The van der Waals surface area contributed by atoms with E-state index in [0.29, 0.717) is 11.9 Å². The number of hydrogen-bond acceptors (Lipinski definition) is 2. The Balaban J connectivity index is 0.00000102. The zero-order valence-corrected chi connectivity index (χ0v) is 26.4. The summed E-state index contributed by atoms with van der Waals surface area (Å²) < 4.78 is 0. The van der Waals surface area contributed by atoms with Crippen molar-refractivity contribution in [2.75, 3.05) is 0 Å². The Kier molecular flexibility index (Phi) is 20.7. The predicted octanol–water partition coefficient (Wildman–Crippen LogP) is 11.0. The van der Waals surface area contributed by atoms with Gasteiger partial charge in [-0.2, -0.15) is 0 Å². The second-order valence-corrected chi connectivity index (χ2v) is 10.5. The van der Waals surface area contributed by atoms with Gasteiger partial charge in [0.1, 0.15) is 0 Å². The third-order valence-corrected chi connectivity index (χ3v) is 7.08. The molecule has 0 heterocycles. The number of rotatable bonds is 12. The van der Waals surface area contributed by atoms with Gasteiger partial charge in [-0.15, -0.1) is 0 Å². The Morgan fingerprint density at radius 1 is 1.05 bits per heavy atom.